The molecule has 0 fully saturated rings. The molecular weight excluding hydrogens is 304 g/mol. The number of fused-ring (bicyclic) bond motifs is 1. The summed E-state index contributed by atoms with van der Waals surface area (Å²) in [6, 6.07) is 13.9. The second-order valence-electron chi connectivity index (χ2n) is 5.82. The van der Waals surface area contributed by atoms with Crippen LogP contribution in [0.3, 0.4) is 0 Å². The molecular formula is C19H20N2OS. The highest BCUT2D eigenvalue weighted by Crippen LogP contribution is 2.30. The fraction of sp³-hybridized carbons (Fsp3) is 0.263. The highest BCUT2D eigenvalue weighted by molar-refractivity contribution is 7.22. The number of carbonyl (C=O) groups excluding carboxylic acids is 1. The Bertz CT molecular complexity index is 853. The summed E-state index contributed by atoms with van der Waals surface area (Å²) in [6.45, 7) is 6.35. The van der Waals surface area contributed by atoms with Gasteiger partial charge >= 0.3 is 0 Å². The van der Waals surface area contributed by atoms with E-state index in [-0.39, 0.29) is 5.91 Å². The minimum Gasteiger partial charge on any atom is -0.298 e. The van der Waals surface area contributed by atoms with Crippen LogP contribution in [0.4, 0.5) is 5.13 Å². The number of hydrogen-bond donors (Lipinski definition) is 1. The van der Waals surface area contributed by atoms with Gasteiger partial charge in [0.1, 0.15) is 0 Å². The first-order valence-electron chi connectivity index (χ1n) is 7.86. The molecule has 0 radical (unpaired) electrons. The van der Waals surface area contributed by atoms with Crippen molar-refractivity contribution in [2.24, 2.45) is 0 Å². The van der Waals surface area contributed by atoms with Crippen LogP contribution in [-0.2, 0) is 0 Å². The van der Waals surface area contributed by atoms with Gasteiger partial charge < -0.3 is 0 Å². The van der Waals surface area contributed by atoms with E-state index >= 15 is 0 Å². The number of nitrogens with zero attached hydrogens (tertiary/aromatic N) is 1. The zero-order chi connectivity index (χ0) is 16.4. The van der Waals surface area contributed by atoms with E-state index < -0.39 is 0 Å². The largest absolute Gasteiger partial charge is 0.298 e. The molecule has 0 spiro atoms. The summed E-state index contributed by atoms with van der Waals surface area (Å²) in [6.07, 6.45) is 1.11. The van der Waals surface area contributed by atoms with Crippen molar-refractivity contribution in [1.82, 2.24) is 4.98 Å². The highest BCUT2D eigenvalue weighted by atomic mass is 32.1. The molecule has 1 N–H and O–H groups in total. The molecule has 1 aromatic heterocycles. The lowest BCUT2D eigenvalue weighted by atomic mass is 9.99. The van der Waals surface area contributed by atoms with Crippen LogP contribution in [0, 0.1) is 6.92 Å². The van der Waals surface area contributed by atoms with E-state index in [1.807, 2.05) is 37.3 Å². The maximum Gasteiger partial charge on any atom is 0.257 e. The van der Waals surface area contributed by atoms with Crippen LogP contribution in [0.1, 0.15) is 47.7 Å². The minimum atomic E-state index is -0.107. The van der Waals surface area contributed by atoms with E-state index in [1.54, 1.807) is 0 Å². The monoisotopic (exact) mass is 324 g/mol. The molecule has 0 aliphatic carbocycles. The SMILES string of the molecule is CCC(C)c1ccc2nc(NC(=O)c3ccccc3C)sc2c1. The summed E-state index contributed by atoms with van der Waals surface area (Å²) in [7, 11) is 0. The van der Waals surface area contributed by atoms with Gasteiger partial charge in [-0.2, -0.15) is 0 Å². The van der Waals surface area contributed by atoms with Gasteiger partial charge in [0.25, 0.3) is 5.91 Å². The Morgan fingerprint density at radius 2 is 2.04 bits per heavy atom. The second-order valence-corrected chi connectivity index (χ2v) is 6.86. The molecule has 23 heavy (non-hydrogen) atoms. The van der Waals surface area contributed by atoms with Crippen LogP contribution in [0.25, 0.3) is 10.2 Å². The van der Waals surface area contributed by atoms with Crippen molar-refractivity contribution >= 4 is 32.6 Å². The van der Waals surface area contributed by atoms with Crippen LogP contribution >= 0.6 is 11.3 Å². The number of hydrogen-bond acceptors (Lipinski definition) is 3. The van der Waals surface area contributed by atoms with Crippen LogP contribution in [-0.4, -0.2) is 10.9 Å². The first kappa shape index (κ1) is 15.7. The smallest absolute Gasteiger partial charge is 0.257 e. The van der Waals surface area contributed by atoms with Gasteiger partial charge in [-0.05, 0) is 48.6 Å². The topological polar surface area (TPSA) is 42.0 Å². The van der Waals surface area contributed by atoms with Crippen LogP contribution < -0.4 is 5.32 Å². The lowest BCUT2D eigenvalue weighted by Gasteiger charge is -2.07. The number of aromatic nitrogens is 1. The lowest BCUT2D eigenvalue weighted by molar-refractivity contribution is 0.102. The van der Waals surface area contributed by atoms with Crippen molar-refractivity contribution < 1.29 is 4.79 Å². The molecule has 1 amide bonds. The maximum absolute atomic E-state index is 12.4. The number of benzene rings is 2. The fourth-order valence-electron chi connectivity index (χ4n) is 2.53. The number of nitrogens with one attached hydrogen (secondary N) is 1. The van der Waals surface area contributed by atoms with Crippen molar-refractivity contribution in [3.05, 3.63) is 59.2 Å². The van der Waals surface area contributed by atoms with Gasteiger partial charge in [-0.25, -0.2) is 4.98 Å². The first-order chi connectivity index (χ1) is 11.1. The van der Waals surface area contributed by atoms with Crippen LogP contribution in [0.5, 0.6) is 0 Å². The van der Waals surface area contributed by atoms with Crippen molar-refractivity contribution in [2.45, 2.75) is 33.1 Å². The standard InChI is InChI=1S/C19H20N2OS/c1-4-12(2)14-9-10-16-17(11-14)23-19(20-16)21-18(22)15-8-6-5-7-13(15)3/h5-12H,4H2,1-3H3,(H,20,21,22). The average molecular weight is 324 g/mol. The number of thiazole rings is 1. The van der Waals surface area contributed by atoms with E-state index in [2.05, 4.69) is 36.3 Å². The average Bonchev–Trinajstić information content (AvgIpc) is 2.95. The molecule has 1 unspecified atom stereocenters. The number of rotatable bonds is 4. The Kier molecular flexibility index (Phi) is 4.44. The molecule has 0 saturated carbocycles. The third kappa shape index (κ3) is 3.27. The van der Waals surface area contributed by atoms with Gasteiger partial charge in [0.2, 0.25) is 0 Å². The number of amides is 1. The quantitative estimate of drug-likeness (QED) is 0.701. The van der Waals surface area contributed by atoms with Gasteiger partial charge in [-0.3, -0.25) is 10.1 Å². The third-order valence-electron chi connectivity index (χ3n) is 4.20. The summed E-state index contributed by atoms with van der Waals surface area (Å²) in [4.78, 5) is 16.9. The van der Waals surface area contributed by atoms with E-state index in [0.717, 1.165) is 22.2 Å². The normalized spacial score (nSPS) is 12.3. The summed E-state index contributed by atoms with van der Waals surface area (Å²) < 4.78 is 1.11. The number of carbonyl (C=O) groups is 1. The third-order valence-corrected chi connectivity index (χ3v) is 5.14. The molecule has 2 aromatic carbocycles. The molecule has 0 aliphatic heterocycles. The Morgan fingerprint density at radius 3 is 2.78 bits per heavy atom. The zero-order valence-electron chi connectivity index (χ0n) is 13.6. The number of aryl methyl sites for hydroxylation is 1. The molecule has 3 nitrogen and oxygen atoms in total. The van der Waals surface area contributed by atoms with Gasteiger partial charge in [-0.1, -0.05) is 49.4 Å². The molecule has 1 atom stereocenters. The fourth-order valence-corrected chi connectivity index (χ4v) is 3.44. The Morgan fingerprint density at radius 1 is 1.26 bits per heavy atom. The minimum absolute atomic E-state index is 0.107. The predicted molar refractivity (Wildman–Crippen MR) is 97.5 cm³/mol. The van der Waals surface area contributed by atoms with E-state index in [0.29, 0.717) is 16.6 Å². The van der Waals surface area contributed by atoms with Gasteiger partial charge in [0.05, 0.1) is 10.2 Å². The van der Waals surface area contributed by atoms with Crippen LogP contribution in [0.15, 0.2) is 42.5 Å². The van der Waals surface area contributed by atoms with Gasteiger partial charge in [-0.15, -0.1) is 0 Å². The first-order valence-corrected chi connectivity index (χ1v) is 8.67. The molecule has 3 aromatic rings. The van der Waals surface area contributed by atoms with Gasteiger partial charge in [0, 0.05) is 5.56 Å². The predicted octanol–water partition coefficient (Wildman–Crippen LogP) is 5.37. The Labute approximate surface area is 140 Å². The maximum atomic E-state index is 12.4. The summed E-state index contributed by atoms with van der Waals surface area (Å²) in [5, 5.41) is 3.57. The van der Waals surface area contributed by atoms with Crippen molar-refractivity contribution in [1.29, 1.82) is 0 Å². The summed E-state index contributed by atoms with van der Waals surface area (Å²) in [5.41, 5.74) is 3.90. The summed E-state index contributed by atoms with van der Waals surface area (Å²) in [5.74, 6) is 0.427. The zero-order valence-corrected chi connectivity index (χ0v) is 14.4. The molecule has 118 valence electrons. The summed E-state index contributed by atoms with van der Waals surface area (Å²) >= 11 is 1.53. The van der Waals surface area contributed by atoms with E-state index in [1.165, 1.54) is 16.9 Å². The lowest BCUT2D eigenvalue weighted by Crippen LogP contribution is -2.12. The van der Waals surface area contributed by atoms with Gasteiger partial charge in [0.15, 0.2) is 5.13 Å². The van der Waals surface area contributed by atoms with Crippen LogP contribution in [0.2, 0.25) is 0 Å². The molecule has 4 heteroatoms. The molecule has 3 rings (SSSR count). The van der Waals surface area contributed by atoms with E-state index in [9.17, 15) is 4.79 Å². The van der Waals surface area contributed by atoms with Crippen molar-refractivity contribution in [2.75, 3.05) is 5.32 Å². The second kappa shape index (κ2) is 6.50. The Hall–Kier alpha value is -2.20. The molecule has 0 aliphatic rings. The Balaban J connectivity index is 1.86. The van der Waals surface area contributed by atoms with E-state index in [4.69, 9.17) is 0 Å². The molecule has 0 saturated heterocycles. The molecule has 0 bridgehead atoms. The van der Waals surface area contributed by atoms with Crippen molar-refractivity contribution in [3.8, 4) is 0 Å². The number of anilines is 1. The van der Waals surface area contributed by atoms with Crippen molar-refractivity contribution in [3.63, 3.8) is 0 Å². The highest BCUT2D eigenvalue weighted by Gasteiger charge is 2.12. The molecule has 1 heterocycles.